The molecule has 24 heavy (non-hydrogen) atoms. The number of aryl methyl sites for hydroxylation is 2. The molecular formula is C19H17NO3S. The second kappa shape index (κ2) is 6.84. The first kappa shape index (κ1) is 16.2. The number of benzene rings is 2. The molecule has 2 aromatic carbocycles. The van der Waals surface area contributed by atoms with Crippen LogP contribution in [0.1, 0.15) is 26.5 Å². The number of rotatable bonds is 5. The third-order valence-electron chi connectivity index (χ3n) is 3.69. The van der Waals surface area contributed by atoms with E-state index in [2.05, 4.69) is 37.0 Å². The number of aromatic nitrogens is 1. The number of carbonyl (C=O) groups is 1. The molecule has 0 bridgehead atoms. The van der Waals surface area contributed by atoms with Gasteiger partial charge in [-0.1, -0.05) is 29.8 Å². The van der Waals surface area contributed by atoms with Gasteiger partial charge in [-0.05, 0) is 37.6 Å². The maximum atomic E-state index is 11.2. The predicted molar refractivity (Wildman–Crippen MR) is 94.8 cm³/mol. The maximum absolute atomic E-state index is 11.2. The van der Waals surface area contributed by atoms with Crippen molar-refractivity contribution in [2.24, 2.45) is 0 Å². The second-order valence-electron chi connectivity index (χ2n) is 5.53. The van der Waals surface area contributed by atoms with Gasteiger partial charge in [-0.25, -0.2) is 9.78 Å². The minimum absolute atomic E-state index is 0.156. The number of hydrogen-bond acceptors (Lipinski definition) is 4. The zero-order valence-electron chi connectivity index (χ0n) is 13.4. The van der Waals surface area contributed by atoms with E-state index in [1.807, 2.05) is 5.38 Å². The molecule has 0 fully saturated rings. The lowest BCUT2D eigenvalue weighted by atomic mass is 10.0. The molecule has 0 atom stereocenters. The highest BCUT2D eigenvalue weighted by Crippen LogP contribution is 2.27. The van der Waals surface area contributed by atoms with E-state index in [1.54, 1.807) is 18.2 Å². The summed E-state index contributed by atoms with van der Waals surface area (Å²) in [5.74, 6) is -0.644. The van der Waals surface area contributed by atoms with Crippen molar-refractivity contribution < 1.29 is 14.6 Å². The van der Waals surface area contributed by atoms with Crippen molar-refractivity contribution in [2.75, 3.05) is 0 Å². The molecule has 0 unspecified atom stereocenters. The Morgan fingerprint density at radius 1 is 1.21 bits per heavy atom. The summed E-state index contributed by atoms with van der Waals surface area (Å²) in [7, 11) is 0. The Balaban J connectivity index is 1.78. The Bertz CT molecular complexity index is 886. The number of aromatic carboxylic acids is 1. The van der Waals surface area contributed by atoms with Crippen LogP contribution in [0.2, 0.25) is 0 Å². The Morgan fingerprint density at radius 3 is 2.79 bits per heavy atom. The summed E-state index contributed by atoms with van der Waals surface area (Å²) >= 11 is 1.51. The van der Waals surface area contributed by atoms with Crippen LogP contribution in [-0.4, -0.2) is 16.1 Å². The first-order chi connectivity index (χ1) is 11.5. The Kier molecular flexibility index (Phi) is 4.62. The molecule has 0 radical (unpaired) electrons. The van der Waals surface area contributed by atoms with E-state index in [0.717, 1.165) is 16.3 Å². The number of carboxylic acid groups (broad SMARTS) is 1. The lowest BCUT2D eigenvalue weighted by molar-refractivity contribution is 0.0691. The highest BCUT2D eigenvalue weighted by Gasteiger charge is 2.12. The van der Waals surface area contributed by atoms with E-state index in [-0.39, 0.29) is 12.2 Å². The van der Waals surface area contributed by atoms with Gasteiger partial charge in [0.25, 0.3) is 0 Å². The van der Waals surface area contributed by atoms with Gasteiger partial charge in [0.2, 0.25) is 0 Å². The van der Waals surface area contributed by atoms with E-state index in [4.69, 9.17) is 4.74 Å². The van der Waals surface area contributed by atoms with E-state index in [9.17, 15) is 9.90 Å². The van der Waals surface area contributed by atoms with Gasteiger partial charge < -0.3 is 9.84 Å². The SMILES string of the molecule is Cc1ccc(C)c(-c2csc(COc3ccccc3C(=O)O)n2)c1. The van der Waals surface area contributed by atoms with Crippen LogP contribution in [0.5, 0.6) is 5.75 Å². The van der Waals surface area contributed by atoms with Gasteiger partial charge in [0.1, 0.15) is 22.9 Å². The van der Waals surface area contributed by atoms with Crippen LogP contribution in [0, 0.1) is 13.8 Å². The summed E-state index contributed by atoms with van der Waals surface area (Å²) < 4.78 is 5.65. The van der Waals surface area contributed by atoms with Crippen LogP contribution in [0.25, 0.3) is 11.3 Å². The summed E-state index contributed by atoms with van der Waals surface area (Å²) in [5, 5.41) is 12.0. The van der Waals surface area contributed by atoms with E-state index < -0.39 is 5.97 Å². The molecule has 4 nitrogen and oxygen atoms in total. The standard InChI is InChI=1S/C19H17NO3S/c1-12-7-8-13(2)15(9-12)16-11-24-18(20-16)10-23-17-6-4-3-5-14(17)19(21)22/h3-9,11H,10H2,1-2H3,(H,21,22). The number of carboxylic acids is 1. The fourth-order valence-electron chi connectivity index (χ4n) is 2.42. The summed E-state index contributed by atoms with van der Waals surface area (Å²) in [6.07, 6.45) is 0. The first-order valence-electron chi connectivity index (χ1n) is 7.52. The van der Waals surface area contributed by atoms with Crippen LogP contribution in [0.4, 0.5) is 0 Å². The zero-order chi connectivity index (χ0) is 17.1. The van der Waals surface area contributed by atoms with Gasteiger partial charge >= 0.3 is 5.97 Å². The lowest BCUT2D eigenvalue weighted by Gasteiger charge is -2.07. The number of nitrogens with zero attached hydrogens (tertiary/aromatic N) is 1. The molecule has 122 valence electrons. The van der Waals surface area contributed by atoms with Gasteiger partial charge in [-0.3, -0.25) is 0 Å². The lowest BCUT2D eigenvalue weighted by Crippen LogP contribution is -2.03. The average molecular weight is 339 g/mol. The molecular weight excluding hydrogens is 322 g/mol. The van der Waals surface area contributed by atoms with E-state index >= 15 is 0 Å². The maximum Gasteiger partial charge on any atom is 0.339 e. The normalized spacial score (nSPS) is 10.6. The fourth-order valence-corrected chi connectivity index (χ4v) is 3.13. The van der Waals surface area contributed by atoms with Crippen molar-refractivity contribution in [2.45, 2.75) is 20.5 Å². The number of thiazole rings is 1. The summed E-state index contributed by atoms with van der Waals surface area (Å²) in [4.78, 5) is 15.8. The van der Waals surface area contributed by atoms with Crippen LogP contribution < -0.4 is 4.74 Å². The van der Waals surface area contributed by atoms with E-state index in [1.165, 1.54) is 28.5 Å². The number of para-hydroxylation sites is 1. The molecule has 0 aliphatic rings. The van der Waals surface area contributed by atoms with Crippen LogP contribution in [-0.2, 0) is 6.61 Å². The van der Waals surface area contributed by atoms with Crippen molar-refractivity contribution in [3.63, 3.8) is 0 Å². The van der Waals surface area contributed by atoms with Crippen molar-refractivity contribution in [3.8, 4) is 17.0 Å². The first-order valence-corrected chi connectivity index (χ1v) is 8.39. The quantitative estimate of drug-likeness (QED) is 0.732. The largest absolute Gasteiger partial charge is 0.486 e. The van der Waals surface area contributed by atoms with Gasteiger partial charge in [0.05, 0.1) is 5.69 Å². The third-order valence-corrected chi connectivity index (χ3v) is 4.51. The molecule has 0 saturated carbocycles. The smallest absolute Gasteiger partial charge is 0.339 e. The molecule has 1 heterocycles. The molecule has 3 aromatic rings. The van der Waals surface area contributed by atoms with Gasteiger partial charge in [0, 0.05) is 10.9 Å². The molecule has 5 heteroatoms. The molecule has 0 spiro atoms. The monoisotopic (exact) mass is 339 g/mol. The highest BCUT2D eigenvalue weighted by atomic mass is 32.1. The minimum Gasteiger partial charge on any atom is -0.486 e. The minimum atomic E-state index is -0.999. The summed E-state index contributed by atoms with van der Waals surface area (Å²) in [5.41, 5.74) is 4.56. The molecule has 1 aromatic heterocycles. The zero-order valence-corrected chi connectivity index (χ0v) is 14.3. The third kappa shape index (κ3) is 3.46. The van der Waals surface area contributed by atoms with Crippen LogP contribution >= 0.6 is 11.3 Å². The molecule has 0 aliphatic carbocycles. The molecule has 0 amide bonds. The predicted octanol–water partition coefficient (Wildman–Crippen LogP) is 4.70. The highest BCUT2D eigenvalue weighted by molar-refractivity contribution is 7.09. The fraction of sp³-hybridized carbons (Fsp3) is 0.158. The topological polar surface area (TPSA) is 59.4 Å². The Hall–Kier alpha value is -2.66. The molecule has 1 N–H and O–H groups in total. The Labute approximate surface area is 144 Å². The molecule has 0 saturated heterocycles. The second-order valence-corrected chi connectivity index (χ2v) is 6.48. The van der Waals surface area contributed by atoms with Gasteiger partial charge in [0.15, 0.2) is 0 Å². The van der Waals surface area contributed by atoms with E-state index in [0.29, 0.717) is 5.75 Å². The van der Waals surface area contributed by atoms with Crippen molar-refractivity contribution in [1.29, 1.82) is 0 Å². The summed E-state index contributed by atoms with van der Waals surface area (Å²) in [6.45, 7) is 4.37. The molecule has 0 aliphatic heterocycles. The van der Waals surface area contributed by atoms with Crippen molar-refractivity contribution >= 4 is 17.3 Å². The Morgan fingerprint density at radius 2 is 2.00 bits per heavy atom. The van der Waals surface area contributed by atoms with Crippen molar-refractivity contribution in [3.05, 3.63) is 69.5 Å². The number of ether oxygens (including phenoxy) is 1. The molecule has 3 rings (SSSR count). The van der Waals surface area contributed by atoms with Crippen molar-refractivity contribution in [1.82, 2.24) is 4.98 Å². The summed E-state index contributed by atoms with van der Waals surface area (Å²) in [6, 6.07) is 12.9. The average Bonchev–Trinajstić information content (AvgIpc) is 3.04. The van der Waals surface area contributed by atoms with Crippen LogP contribution in [0.15, 0.2) is 47.8 Å². The van der Waals surface area contributed by atoms with Gasteiger partial charge in [-0.2, -0.15) is 0 Å². The number of hydrogen-bond donors (Lipinski definition) is 1. The van der Waals surface area contributed by atoms with Gasteiger partial charge in [-0.15, -0.1) is 11.3 Å². The van der Waals surface area contributed by atoms with Crippen LogP contribution in [0.3, 0.4) is 0 Å².